The number of hydrogen-bond donors (Lipinski definition) is 1. The number of carbonyl (C=O) groups is 2. The number of epoxide rings is 2. The molecule has 0 spiro atoms. The van der Waals surface area contributed by atoms with Gasteiger partial charge in [0.2, 0.25) is 5.91 Å². The second-order valence-electron chi connectivity index (χ2n) is 6.33. The quantitative estimate of drug-likeness (QED) is 0.514. The van der Waals surface area contributed by atoms with Crippen LogP contribution in [0.2, 0.25) is 0 Å². The summed E-state index contributed by atoms with van der Waals surface area (Å²) in [6.45, 7) is 4.00. The molecule has 0 aliphatic carbocycles. The Labute approximate surface area is 125 Å². The Kier molecular flexibility index (Phi) is 4.45. The van der Waals surface area contributed by atoms with E-state index in [0.717, 1.165) is 45.3 Å². The number of imide groups is 1. The summed E-state index contributed by atoms with van der Waals surface area (Å²) in [5.41, 5.74) is 0. The lowest BCUT2D eigenvalue weighted by Crippen LogP contribution is -2.43. The van der Waals surface area contributed by atoms with Gasteiger partial charge in [0.25, 0.3) is 0 Å². The van der Waals surface area contributed by atoms with Gasteiger partial charge in [0.1, 0.15) is 6.54 Å². The summed E-state index contributed by atoms with van der Waals surface area (Å²) < 4.78 is 10.8. The lowest BCUT2D eigenvalue weighted by atomic mass is 9.86. The van der Waals surface area contributed by atoms with E-state index in [1.165, 1.54) is 0 Å². The van der Waals surface area contributed by atoms with Crippen molar-refractivity contribution in [3.8, 4) is 0 Å². The van der Waals surface area contributed by atoms with Crippen LogP contribution in [-0.2, 0) is 14.3 Å². The van der Waals surface area contributed by atoms with E-state index in [4.69, 9.17) is 9.47 Å². The third-order valence-electron chi connectivity index (χ3n) is 4.56. The Morgan fingerprint density at radius 1 is 1.24 bits per heavy atom. The Balaban J connectivity index is 1.70. The standard InChI is InChI=1S/C15H24N2O4/c1-2-3-4-13(17-7-14(18)16-15(17)19)10(5-11-8-20-11)6-12-9-21-12/h10-13H,2-9H2,1H3,(H,16,18,19). The Bertz CT molecular complexity index is 392. The number of unbranched alkanes of at least 4 members (excludes halogenated alkanes) is 1. The van der Waals surface area contributed by atoms with E-state index in [1.807, 2.05) is 0 Å². The summed E-state index contributed by atoms with van der Waals surface area (Å²) in [7, 11) is 0. The number of nitrogens with zero attached hydrogens (tertiary/aromatic N) is 1. The second-order valence-corrected chi connectivity index (χ2v) is 6.33. The molecular formula is C15H24N2O4. The normalized spacial score (nSPS) is 30.2. The van der Waals surface area contributed by atoms with Gasteiger partial charge in [-0.3, -0.25) is 10.1 Å². The molecule has 0 aromatic rings. The van der Waals surface area contributed by atoms with E-state index in [2.05, 4.69) is 12.2 Å². The average Bonchev–Trinajstić information content (AvgIpc) is 3.34. The van der Waals surface area contributed by atoms with Crippen LogP contribution in [0.1, 0.15) is 39.0 Å². The molecule has 118 valence electrons. The minimum Gasteiger partial charge on any atom is -0.373 e. The Hall–Kier alpha value is -1.14. The molecule has 3 saturated heterocycles. The molecule has 0 bridgehead atoms. The number of nitrogens with one attached hydrogen (secondary N) is 1. The minimum atomic E-state index is -0.237. The first-order chi connectivity index (χ1) is 10.2. The molecule has 3 fully saturated rings. The molecule has 3 atom stereocenters. The molecule has 0 aromatic carbocycles. The van der Waals surface area contributed by atoms with Gasteiger partial charge in [-0.2, -0.15) is 0 Å². The van der Waals surface area contributed by atoms with Crippen LogP contribution in [0, 0.1) is 5.92 Å². The van der Waals surface area contributed by atoms with Gasteiger partial charge >= 0.3 is 6.03 Å². The van der Waals surface area contributed by atoms with Gasteiger partial charge in [0.15, 0.2) is 0 Å². The molecule has 21 heavy (non-hydrogen) atoms. The molecular weight excluding hydrogens is 272 g/mol. The first-order valence-electron chi connectivity index (χ1n) is 8.01. The first kappa shape index (κ1) is 14.8. The van der Waals surface area contributed by atoms with Crippen molar-refractivity contribution >= 4 is 11.9 Å². The lowest BCUT2D eigenvalue weighted by Gasteiger charge is -2.33. The second kappa shape index (κ2) is 6.32. The van der Waals surface area contributed by atoms with Crippen LogP contribution in [0.4, 0.5) is 4.79 Å². The van der Waals surface area contributed by atoms with Gasteiger partial charge in [0, 0.05) is 6.04 Å². The summed E-state index contributed by atoms with van der Waals surface area (Å²) in [6.07, 6.45) is 5.70. The number of ether oxygens (including phenoxy) is 2. The fourth-order valence-corrected chi connectivity index (χ4v) is 3.28. The Morgan fingerprint density at radius 3 is 2.29 bits per heavy atom. The predicted molar refractivity (Wildman–Crippen MR) is 75.8 cm³/mol. The molecule has 3 rings (SSSR count). The molecule has 3 aliphatic rings. The van der Waals surface area contributed by atoms with Crippen LogP contribution in [0.25, 0.3) is 0 Å². The number of urea groups is 1. The monoisotopic (exact) mass is 296 g/mol. The van der Waals surface area contributed by atoms with Crippen molar-refractivity contribution in [1.82, 2.24) is 10.2 Å². The lowest BCUT2D eigenvalue weighted by molar-refractivity contribution is -0.118. The van der Waals surface area contributed by atoms with E-state index in [1.54, 1.807) is 4.90 Å². The van der Waals surface area contributed by atoms with Crippen LogP contribution >= 0.6 is 0 Å². The summed E-state index contributed by atoms with van der Waals surface area (Å²) >= 11 is 0. The van der Waals surface area contributed by atoms with Crippen LogP contribution in [-0.4, -0.2) is 54.8 Å². The number of amides is 3. The van der Waals surface area contributed by atoms with Crippen LogP contribution in [0.15, 0.2) is 0 Å². The molecule has 3 aliphatic heterocycles. The van der Waals surface area contributed by atoms with Gasteiger partial charge in [-0.05, 0) is 25.2 Å². The van der Waals surface area contributed by atoms with Crippen molar-refractivity contribution in [2.24, 2.45) is 5.92 Å². The summed E-state index contributed by atoms with van der Waals surface area (Å²) in [5, 5.41) is 2.40. The van der Waals surface area contributed by atoms with E-state index in [0.29, 0.717) is 18.1 Å². The maximum Gasteiger partial charge on any atom is 0.324 e. The maximum absolute atomic E-state index is 12.0. The minimum absolute atomic E-state index is 0.116. The van der Waals surface area contributed by atoms with Gasteiger partial charge < -0.3 is 14.4 Å². The van der Waals surface area contributed by atoms with Gasteiger partial charge in [-0.15, -0.1) is 0 Å². The maximum atomic E-state index is 12.0. The van der Waals surface area contributed by atoms with Crippen molar-refractivity contribution < 1.29 is 19.1 Å². The number of hydrogen-bond acceptors (Lipinski definition) is 4. The van der Waals surface area contributed by atoms with Crippen LogP contribution in [0.5, 0.6) is 0 Å². The molecule has 0 saturated carbocycles. The zero-order valence-electron chi connectivity index (χ0n) is 12.5. The third kappa shape index (κ3) is 3.95. The SMILES string of the molecule is CCCCC(C(CC1CO1)CC1CO1)N1CC(=O)NC1=O. The van der Waals surface area contributed by atoms with Gasteiger partial charge in [-0.1, -0.05) is 19.8 Å². The van der Waals surface area contributed by atoms with Crippen molar-refractivity contribution in [3.05, 3.63) is 0 Å². The first-order valence-corrected chi connectivity index (χ1v) is 8.01. The van der Waals surface area contributed by atoms with Gasteiger partial charge in [-0.25, -0.2) is 4.79 Å². The fraction of sp³-hybridized carbons (Fsp3) is 0.867. The van der Waals surface area contributed by atoms with E-state index < -0.39 is 0 Å². The highest BCUT2D eigenvalue weighted by Crippen LogP contribution is 2.34. The smallest absolute Gasteiger partial charge is 0.324 e. The van der Waals surface area contributed by atoms with Crippen molar-refractivity contribution in [1.29, 1.82) is 0 Å². The van der Waals surface area contributed by atoms with E-state index in [-0.39, 0.29) is 24.5 Å². The Morgan fingerprint density at radius 2 is 1.86 bits per heavy atom. The molecule has 3 unspecified atom stereocenters. The van der Waals surface area contributed by atoms with Crippen molar-refractivity contribution in [3.63, 3.8) is 0 Å². The topological polar surface area (TPSA) is 74.5 Å². The summed E-state index contributed by atoms with van der Waals surface area (Å²) in [6, 6.07) is -0.121. The summed E-state index contributed by atoms with van der Waals surface area (Å²) in [5.74, 6) is 0.166. The molecule has 6 nitrogen and oxygen atoms in total. The molecule has 3 amide bonds. The molecule has 3 heterocycles. The highest BCUT2D eigenvalue weighted by atomic mass is 16.6. The third-order valence-corrected chi connectivity index (χ3v) is 4.56. The highest BCUT2D eigenvalue weighted by Gasteiger charge is 2.41. The predicted octanol–water partition coefficient (Wildman–Crippen LogP) is 1.29. The fourth-order valence-electron chi connectivity index (χ4n) is 3.28. The van der Waals surface area contributed by atoms with E-state index in [9.17, 15) is 9.59 Å². The highest BCUT2D eigenvalue weighted by molar-refractivity contribution is 6.02. The number of carbonyl (C=O) groups excluding carboxylic acids is 2. The van der Waals surface area contributed by atoms with E-state index >= 15 is 0 Å². The van der Waals surface area contributed by atoms with Gasteiger partial charge in [0.05, 0.1) is 25.4 Å². The van der Waals surface area contributed by atoms with Crippen molar-refractivity contribution in [2.45, 2.75) is 57.3 Å². The van der Waals surface area contributed by atoms with Crippen LogP contribution in [0.3, 0.4) is 0 Å². The zero-order chi connectivity index (χ0) is 14.8. The number of rotatable bonds is 9. The molecule has 1 N–H and O–H groups in total. The molecule has 0 aromatic heterocycles. The van der Waals surface area contributed by atoms with Crippen molar-refractivity contribution in [2.75, 3.05) is 19.8 Å². The van der Waals surface area contributed by atoms with Crippen LogP contribution < -0.4 is 5.32 Å². The zero-order valence-corrected chi connectivity index (χ0v) is 12.5. The molecule has 6 heteroatoms. The molecule has 0 radical (unpaired) electrons. The summed E-state index contributed by atoms with van der Waals surface area (Å²) in [4.78, 5) is 25.3. The largest absolute Gasteiger partial charge is 0.373 e. The average molecular weight is 296 g/mol.